The second-order valence-corrected chi connectivity index (χ2v) is 7.38. The van der Waals surface area contributed by atoms with E-state index >= 15 is 0 Å². The Bertz CT molecular complexity index is 1080. The predicted molar refractivity (Wildman–Crippen MR) is 115 cm³/mol. The molecule has 1 aliphatic heterocycles. The fraction of sp³-hybridized carbons (Fsp3) is 0.227. The molecule has 29 heavy (non-hydrogen) atoms. The van der Waals surface area contributed by atoms with E-state index in [4.69, 9.17) is 11.6 Å². The van der Waals surface area contributed by atoms with Crippen LogP contribution in [-0.4, -0.2) is 28.8 Å². The molecule has 2 heterocycles. The lowest BCUT2D eigenvalue weighted by atomic mass is 10.1. The number of halogens is 1. The van der Waals surface area contributed by atoms with Crippen LogP contribution in [0.4, 0.5) is 11.4 Å². The van der Waals surface area contributed by atoms with Crippen molar-refractivity contribution >= 4 is 28.9 Å². The van der Waals surface area contributed by atoms with E-state index in [-0.39, 0.29) is 11.3 Å². The van der Waals surface area contributed by atoms with Crippen LogP contribution in [0, 0.1) is 0 Å². The third kappa shape index (κ3) is 4.32. The van der Waals surface area contributed by atoms with Crippen molar-refractivity contribution in [2.75, 3.05) is 23.3 Å². The third-order valence-electron chi connectivity index (χ3n) is 4.94. The minimum Gasteiger partial charge on any atom is -0.370 e. The van der Waals surface area contributed by atoms with Gasteiger partial charge in [0.25, 0.3) is 11.5 Å². The molecule has 0 aliphatic carbocycles. The largest absolute Gasteiger partial charge is 0.370 e. The standard InChI is InChI=1S/C22H21ClN4O2/c23-18-15-16(9-11-20(18)26-13-5-2-6-14-26)24-22(29)19-10-12-21(28)27(25-19)17-7-3-1-4-8-17/h1,3-4,7-12,15H,2,5-6,13-14H2,(H,24,29). The van der Waals surface area contributed by atoms with Crippen LogP contribution in [0.15, 0.2) is 65.5 Å². The molecule has 7 heteroatoms. The van der Waals surface area contributed by atoms with Gasteiger partial charge in [-0.1, -0.05) is 29.8 Å². The van der Waals surface area contributed by atoms with E-state index in [0.29, 0.717) is 16.4 Å². The van der Waals surface area contributed by atoms with Crippen molar-refractivity contribution in [1.29, 1.82) is 0 Å². The van der Waals surface area contributed by atoms with Crippen molar-refractivity contribution in [3.63, 3.8) is 0 Å². The molecule has 1 aliphatic rings. The molecular formula is C22H21ClN4O2. The first kappa shape index (κ1) is 19.2. The Kier molecular flexibility index (Phi) is 5.62. The molecule has 1 amide bonds. The van der Waals surface area contributed by atoms with Crippen LogP contribution in [0.25, 0.3) is 5.69 Å². The average Bonchev–Trinajstić information content (AvgIpc) is 2.75. The van der Waals surface area contributed by atoms with E-state index in [1.807, 2.05) is 30.3 Å². The lowest BCUT2D eigenvalue weighted by molar-refractivity contribution is 0.102. The second-order valence-electron chi connectivity index (χ2n) is 6.97. The Hall–Kier alpha value is -3.12. The maximum Gasteiger partial charge on any atom is 0.276 e. The summed E-state index contributed by atoms with van der Waals surface area (Å²) in [6.45, 7) is 1.99. The maximum absolute atomic E-state index is 12.7. The molecule has 1 aromatic heterocycles. The molecule has 0 bridgehead atoms. The molecule has 1 fully saturated rings. The molecule has 1 saturated heterocycles. The van der Waals surface area contributed by atoms with E-state index in [2.05, 4.69) is 15.3 Å². The Morgan fingerprint density at radius 1 is 0.966 bits per heavy atom. The number of carbonyl (C=O) groups excluding carboxylic acids is 1. The van der Waals surface area contributed by atoms with Gasteiger partial charge in [0.2, 0.25) is 0 Å². The van der Waals surface area contributed by atoms with Gasteiger partial charge in [0, 0.05) is 24.8 Å². The number of para-hydroxylation sites is 1. The van der Waals surface area contributed by atoms with Crippen molar-refractivity contribution in [2.24, 2.45) is 0 Å². The monoisotopic (exact) mass is 408 g/mol. The highest BCUT2D eigenvalue weighted by Crippen LogP contribution is 2.30. The van der Waals surface area contributed by atoms with Crippen molar-refractivity contribution in [2.45, 2.75) is 19.3 Å². The first-order valence-electron chi connectivity index (χ1n) is 9.63. The van der Waals surface area contributed by atoms with Crippen molar-refractivity contribution in [3.8, 4) is 5.69 Å². The summed E-state index contributed by atoms with van der Waals surface area (Å²) in [7, 11) is 0. The molecule has 6 nitrogen and oxygen atoms in total. The highest BCUT2D eigenvalue weighted by molar-refractivity contribution is 6.33. The molecule has 0 saturated carbocycles. The zero-order valence-electron chi connectivity index (χ0n) is 15.8. The summed E-state index contributed by atoms with van der Waals surface area (Å²) in [5.74, 6) is -0.406. The molecule has 0 radical (unpaired) electrons. The Morgan fingerprint density at radius 3 is 2.45 bits per heavy atom. The summed E-state index contributed by atoms with van der Waals surface area (Å²) in [5, 5.41) is 7.61. The number of aromatic nitrogens is 2. The molecule has 1 N–H and O–H groups in total. The Balaban J connectivity index is 1.54. The first-order chi connectivity index (χ1) is 14.1. The summed E-state index contributed by atoms with van der Waals surface area (Å²) < 4.78 is 1.21. The molecular weight excluding hydrogens is 388 g/mol. The van der Waals surface area contributed by atoms with Gasteiger partial charge in [-0.25, -0.2) is 0 Å². The Morgan fingerprint density at radius 2 is 1.72 bits per heavy atom. The molecule has 4 rings (SSSR count). The van der Waals surface area contributed by atoms with Gasteiger partial charge in [0.05, 0.1) is 16.4 Å². The minimum atomic E-state index is -0.406. The van der Waals surface area contributed by atoms with E-state index in [1.165, 1.54) is 23.2 Å². The molecule has 148 valence electrons. The number of carbonyl (C=O) groups is 1. The third-order valence-corrected chi connectivity index (χ3v) is 5.24. The number of benzene rings is 2. The molecule has 0 unspecified atom stereocenters. The van der Waals surface area contributed by atoms with Crippen molar-refractivity contribution in [1.82, 2.24) is 9.78 Å². The number of nitrogens with zero attached hydrogens (tertiary/aromatic N) is 3. The van der Waals surface area contributed by atoms with E-state index in [1.54, 1.807) is 18.2 Å². The fourth-order valence-corrected chi connectivity index (χ4v) is 3.76. The highest BCUT2D eigenvalue weighted by Gasteiger charge is 2.16. The summed E-state index contributed by atoms with van der Waals surface area (Å²) in [6.07, 6.45) is 3.58. The quantitative estimate of drug-likeness (QED) is 0.704. The van der Waals surface area contributed by atoms with E-state index in [0.717, 1.165) is 31.6 Å². The normalized spacial score (nSPS) is 13.9. The summed E-state index contributed by atoms with van der Waals surface area (Å²) in [4.78, 5) is 27.1. The van der Waals surface area contributed by atoms with Gasteiger partial charge in [-0.05, 0) is 55.7 Å². The number of piperidine rings is 1. The van der Waals surface area contributed by atoms with Crippen molar-refractivity contribution < 1.29 is 4.79 Å². The fourth-order valence-electron chi connectivity index (χ4n) is 3.46. The number of amides is 1. The van der Waals surface area contributed by atoms with Crippen LogP contribution in [0.1, 0.15) is 29.8 Å². The SMILES string of the molecule is O=C(Nc1ccc(N2CCCCC2)c(Cl)c1)c1ccc(=O)n(-c2ccccc2)n1. The van der Waals surface area contributed by atoms with Gasteiger partial charge in [-0.15, -0.1) is 0 Å². The van der Waals surface area contributed by atoms with Crippen LogP contribution in [-0.2, 0) is 0 Å². The van der Waals surface area contributed by atoms with E-state index < -0.39 is 5.91 Å². The van der Waals surface area contributed by atoms with Gasteiger partial charge in [0.1, 0.15) is 5.69 Å². The van der Waals surface area contributed by atoms with Crippen molar-refractivity contribution in [3.05, 3.63) is 81.7 Å². The predicted octanol–water partition coefficient (Wildman–Crippen LogP) is 4.13. The average molecular weight is 409 g/mol. The topological polar surface area (TPSA) is 67.2 Å². The minimum absolute atomic E-state index is 0.143. The number of hydrogen-bond donors (Lipinski definition) is 1. The van der Waals surface area contributed by atoms with E-state index in [9.17, 15) is 9.59 Å². The van der Waals surface area contributed by atoms with Crippen LogP contribution in [0.2, 0.25) is 5.02 Å². The molecule has 0 atom stereocenters. The number of nitrogens with one attached hydrogen (secondary N) is 1. The summed E-state index contributed by atoms with van der Waals surface area (Å²) in [5.41, 5.74) is 2.01. The van der Waals surface area contributed by atoms with Crippen LogP contribution >= 0.6 is 11.6 Å². The highest BCUT2D eigenvalue weighted by atomic mass is 35.5. The van der Waals surface area contributed by atoms with Gasteiger partial charge in [-0.2, -0.15) is 9.78 Å². The summed E-state index contributed by atoms with van der Waals surface area (Å²) >= 11 is 6.46. The number of anilines is 2. The van der Waals surface area contributed by atoms with Crippen LogP contribution in [0.5, 0.6) is 0 Å². The number of rotatable bonds is 4. The Labute approximate surface area is 173 Å². The lowest BCUT2D eigenvalue weighted by Crippen LogP contribution is -2.29. The summed E-state index contributed by atoms with van der Waals surface area (Å²) in [6, 6.07) is 17.2. The molecule has 2 aromatic carbocycles. The van der Waals surface area contributed by atoms with Crippen LogP contribution in [0.3, 0.4) is 0 Å². The first-order valence-corrected chi connectivity index (χ1v) is 10.0. The smallest absolute Gasteiger partial charge is 0.276 e. The van der Waals surface area contributed by atoms with Crippen LogP contribution < -0.4 is 15.8 Å². The van der Waals surface area contributed by atoms with Gasteiger partial charge < -0.3 is 10.2 Å². The molecule has 0 spiro atoms. The second kappa shape index (κ2) is 8.49. The van der Waals surface area contributed by atoms with Gasteiger partial charge in [0.15, 0.2) is 0 Å². The lowest BCUT2D eigenvalue weighted by Gasteiger charge is -2.29. The maximum atomic E-state index is 12.7. The van der Waals surface area contributed by atoms with Gasteiger partial charge in [-0.3, -0.25) is 9.59 Å². The number of hydrogen-bond acceptors (Lipinski definition) is 4. The van der Waals surface area contributed by atoms with Gasteiger partial charge >= 0.3 is 0 Å². The zero-order valence-corrected chi connectivity index (χ0v) is 16.6. The zero-order chi connectivity index (χ0) is 20.2. The molecule has 3 aromatic rings.